The van der Waals surface area contributed by atoms with E-state index in [0.29, 0.717) is 28.0 Å². The lowest BCUT2D eigenvalue weighted by atomic mass is 10.1. The Hall–Kier alpha value is -1.75. The maximum atomic E-state index is 13.0. The van der Waals surface area contributed by atoms with Crippen LogP contribution in [0.5, 0.6) is 0 Å². The Bertz CT molecular complexity index is 842. The fourth-order valence-electron chi connectivity index (χ4n) is 2.82. The number of nitrogens with one attached hydrogen (secondary N) is 1. The van der Waals surface area contributed by atoms with E-state index in [2.05, 4.69) is 5.32 Å². The average Bonchev–Trinajstić information content (AvgIpc) is 2.66. The molecule has 1 atom stereocenters. The van der Waals surface area contributed by atoms with Crippen molar-refractivity contribution < 1.29 is 9.59 Å². The lowest BCUT2D eigenvalue weighted by Gasteiger charge is -2.29. The van der Waals surface area contributed by atoms with E-state index in [1.54, 1.807) is 31.2 Å². The molecule has 0 saturated carbocycles. The number of hydrogen-bond donors (Lipinski definition) is 1. The summed E-state index contributed by atoms with van der Waals surface area (Å²) in [6.45, 7) is 4.26. The highest BCUT2D eigenvalue weighted by molar-refractivity contribution is 6.35. The number of carbonyl (C=O) groups excluding carboxylic acids is 2. The third-order valence-corrected chi connectivity index (χ3v) is 5.40. The van der Waals surface area contributed by atoms with Crippen LogP contribution in [0.15, 0.2) is 42.5 Å². The molecule has 2 rings (SSSR count). The second-order valence-corrected chi connectivity index (χ2v) is 7.67. The maximum Gasteiger partial charge on any atom is 0.242 e. The number of likely N-dealkylation sites (N-methyl/N-ethyl adjacent to an activating group) is 1. The Morgan fingerprint density at radius 3 is 2.39 bits per heavy atom. The minimum Gasteiger partial charge on any atom is -0.355 e. The van der Waals surface area contributed by atoms with Crippen molar-refractivity contribution >= 4 is 46.6 Å². The van der Waals surface area contributed by atoms with E-state index in [1.807, 2.05) is 25.1 Å². The van der Waals surface area contributed by atoms with Crippen LogP contribution in [0.3, 0.4) is 0 Å². The molecule has 2 aromatic rings. The molecule has 0 spiro atoms. The van der Waals surface area contributed by atoms with Gasteiger partial charge < -0.3 is 10.2 Å². The van der Waals surface area contributed by atoms with E-state index in [1.165, 1.54) is 4.90 Å². The molecule has 0 saturated heterocycles. The molecule has 4 nitrogen and oxygen atoms in total. The summed E-state index contributed by atoms with van der Waals surface area (Å²) in [6, 6.07) is 11.9. The standard InChI is InChI=1S/C21H23Cl3N2O2/c1-3-25-21(28)14(2)26(13-16-8-10-17(22)12-19(16)24)20(27)11-9-15-6-4-5-7-18(15)23/h4-8,10,12,14H,3,9,11,13H2,1-2H3,(H,25,28)/t14-/m0/s1. The lowest BCUT2D eigenvalue weighted by molar-refractivity contribution is -0.140. The van der Waals surface area contributed by atoms with Crippen LogP contribution in [0, 0.1) is 0 Å². The van der Waals surface area contributed by atoms with Crippen LogP contribution < -0.4 is 5.32 Å². The van der Waals surface area contributed by atoms with Gasteiger partial charge in [-0.05, 0) is 49.6 Å². The summed E-state index contributed by atoms with van der Waals surface area (Å²) < 4.78 is 0. The van der Waals surface area contributed by atoms with Crippen molar-refractivity contribution in [2.24, 2.45) is 0 Å². The molecule has 0 unspecified atom stereocenters. The normalized spacial score (nSPS) is 11.8. The number of aryl methyl sites for hydroxylation is 1. The number of halogens is 3. The zero-order valence-corrected chi connectivity index (χ0v) is 18.1. The second kappa shape index (κ2) is 10.7. The van der Waals surface area contributed by atoms with Gasteiger partial charge in [0.2, 0.25) is 11.8 Å². The first-order valence-corrected chi connectivity index (χ1v) is 10.2. The first-order valence-electron chi connectivity index (χ1n) is 9.08. The molecule has 0 heterocycles. The third-order valence-electron chi connectivity index (χ3n) is 4.44. The Kier molecular flexibility index (Phi) is 8.61. The highest BCUT2D eigenvalue weighted by Crippen LogP contribution is 2.24. The minimum atomic E-state index is -0.634. The van der Waals surface area contributed by atoms with Crippen LogP contribution in [0.25, 0.3) is 0 Å². The van der Waals surface area contributed by atoms with Crippen molar-refractivity contribution in [1.82, 2.24) is 10.2 Å². The molecule has 2 aromatic carbocycles. The predicted octanol–water partition coefficient (Wildman–Crippen LogP) is 5.13. The first-order chi connectivity index (χ1) is 13.3. The highest BCUT2D eigenvalue weighted by Gasteiger charge is 2.26. The van der Waals surface area contributed by atoms with E-state index in [0.717, 1.165) is 11.1 Å². The summed E-state index contributed by atoms with van der Waals surface area (Å²) in [5.74, 6) is -0.358. The van der Waals surface area contributed by atoms with Crippen LogP contribution in [0.1, 0.15) is 31.4 Å². The third kappa shape index (κ3) is 6.13. The van der Waals surface area contributed by atoms with Crippen LogP contribution in [-0.4, -0.2) is 29.3 Å². The number of nitrogens with zero attached hydrogens (tertiary/aromatic N) is 1. The van der Waals surface area contributed by atoms with Gasteiger partial charge in [-0.25, -0.2) is 0 Å². The molecule has 0 aromatic heterocycles. The summed E-state index contributed by atoms with van der Waals surface area (Å²) in [5, 5.41) is 4.36. The SMILES string of the molecule is CCNC(=O)[C@H](C)N(Cc1ccc(Cl)cc1Cl)C(=O)CCc1ccccc1Cl. The Morgan fingerprint density at radius 1 is 1.04 bits per heavy atom. The van der Waals surface area contributed by atoms with Crippen molar-refractivity contribution in [3.05, 3.63) is 68.7 Å². The lowest BCUT2D eigenvalue weighted by Crippen LogP contribution is -2.47. The quantitative estimate of drug-likeness (QED) is 0.617. The van der Waals surface area contributed by atoms with Gasteiger partial charge in [0.1, 0.15) is 6.04 Å². The van der Waals surface area contributed by atoms with E-state index in [4.69, 9.17) is 34.8 Å². The smallest absolute Gasteiger partial charge is 0.242 e. The molecule has 0 aliphatic carbocycles. The molecule has 150 valence electrons. The molecular formula is C21H23Cl3N2O2. The Balaban J connectivity index is 2.20. The summed E-state index contributed by atoms with van der Waals surface area (Å²) in [6.07, 6.45) is 0.726. The molecule has 7 heteroatoms. The monoisotopic (exact) mass is 440 g/mol. The predicted molar refractivity (Wildman–Crippen MR) is 115 cm³/mol. The topological polar surface area (TPSA) is 49.4 Å². The zero-order valence-electron chi connectivity index (χ0n) is 15.8. The van der Waals surface area contributed by atoms with Gasteiger partial charge in [-0.15, -0.1) is 0 Å². The minimum absolute atomic E-state index is 0.148. The van der Waals surface area contributed by atoms with Gasteiger partial charge in [-0.1, -0.05) is 59.1 Å². The number of benzene rings is 2. The molecule has 28 heavy (non-hydrogen) atoms. The van der Waals surface area contributed by atoms with E-state index >= 15 is 0 Å². The Labute approximate surface area is 180 Å². The van der Waals surface area contributed by atoms with Gasteiger partial charge in [0, 0.05) is 34.6 Å². The van der Waals surface area contributed by atoms with Crippen molar-refractivity contribution in [2.45, 2.75) is 39.3 Å². The van der Waals surface area contributed by atoms with Gasteiger partial charge in [0.15, 0.2) is 0 Å². The number of amides is 2. The number of hydrogen-bond acceptors (Lipinski definition) is 2. The summed E-state index contributed by atoms with van der Waals surface area (Å²) in [5.41, 5.74) is 1.63. The molecule has 2 amide bonds. The summed E-state index contributed by atoms with van der Waals surface area (Å²) >= 11 is 18.4. The molecule has 0 bridgehead atoms. The average molecular weight is 442 g/mol. The second-order valence-electron chi connectivity index (χ2n) is 6.42. The van der Waals surface area contributed by atoms with Gasteiger partial charge in [0.05, 0.1) is 0 Å². The molecular weight excluding hydrogens is 419 g/mol. The van der Waals surface area contributed by atoms with Crippen molar-refractivity contribution in [3.8, 4) is 0 Å². The van der Waals surface area contributed by atoms with Crippen LogP contribution >= 0.6 is 34.8 Å². The van der Waals surface area contributed by atoms with Gasteiger partial charge in [0.25, 0.3) is 0 Å². The molecule has 1 N–H and O–H groups in total. The maximum absolute atomic E-state index is 13.0. The Morgan fingerprint density at radius 2 is 1.75 bits per heavy atom. The van der Waals surface area contributed by atoms with Crippen LogP contribution in [0.4, 0.5) is 0 Å². The largest absolute Gasteiger partial charge is 0.355 e. The highest BCUT2D eigenvalue weighted by atomic mass is 35.5. The van der Waals surface area contributed by atoms with Crippen molar-refractivity contribution in [1.29, 1.82) is 0 Å². The van der Waals surface area contributed by atoms with E-state index < -0.39 is 6.04 Å². The first kappa shape index (κ1) is 22.5. The summed E-state index contributed by atoms with van der Waals surface area (Å²) in [4.78, 5) is 26.9. The fourth-order valence-corrected chi connectivity index (χ4v) is 3.52. The van der Waals surface area contributed by atoms with Gasteiger partial charge >= 0.3 is 0 Å². The molecule has 0 aliphatic heterocycles. The number of rotatable bonds is 8. The van der Waals surface area contributed by atoms with Crippen molar-refractivity contribution in [3.63, 3.8) is 0 Å². The molecule has 0 aliphatic rings. The van der Waals surface area contributed by atoms with E-state index in [9.17, 15) is 9.59 Å². The van der Waals surface area contributed by atoms with Gasteiger partial charge in [-0.3, -0.25) is 9.59 Å². The number of carbonyl (C=O) groups is 2. The van der Waals surface area contributed by atoms with Gasteiger partial charge in [-0.2, -0.15) is 0 Å². The summed E-state index contributed by atoms with van der Waals surface area (Å²) in [7, 11) is 0. The molecule has 0 radical (unpaired) electrons. The fraction of sp³-hybridized carbons (Fsp3) is 0.333. The van der Waals surface area contributed by atoms with E-state index in [-0.39, 0.29) is 24.8 Å². The van der Waals surface area contributed by atoms with Crippen LogP contribution in [0.2, 0.25) is 15.1 Å². The molecule has 0 fully saturated rings. The van der Waals surface area contributed by atoms with Crippen LogP contribution in [-0.2, 0) is 22.6 Å². The zero-order chi connectivity index (χ0) is 20.7. The van der Waals surface area contributed by atoms with Crippen molar-refractivity contribution in [2.75, 3.05) is 6.54 Å².